The molecule has 10 nitrogen and oxygen atoms in total. The van der Waals surface area contributed by atoms with E-state index in [0.717, 1.165) is 15.7 Å². The molecule has 2 N–H and O–H groups in total. The molecule has 2 aromatic heterocycles. The number of carbonyl (C=O) groups is 1. The van der Waals surface area contributed by atoms with E-state index >= 15 is 4.39 Å². The number of halogens is 1. The van der Waals surface area contributed by atoms with Crippen LogP contribution in [0, 0.1) is 0 Å². The zero-order valence-corrected chi connectivity index (χ0v) is 22.2. The van der Waals surface area contributed by atoms with Crippen molar-refractivity contribution < 1.29 is 18.7 Å². The summed E-state index contributed by atoms with van der Waals surface area (Å²) in [6, 6.07) is 8.74. The first kappa shape index (κ1) is 25.3. The standard InChI is InChI=1S/C27H28FN7O3S/c1-37-18-7-5-17(6-8-18)34-11-12-35(27(34)36)21-4-2-3-19(22(21)28)24-23(20-9-10-30-25(29)31-20)32-26(39-24)33-13-15-38-16-14-33/h2-10,19,22H,11-16H2,1H3,(H2,29,30,31). The van der Waals surface area contributed by atoms with Crippen molar-refractivity contribution in [2.75, 3.05) is 62.0 Å². The first-order valence-electron chi connectivity index (χ1n) is 12.7. The fourth-order valence-corrected chi connectivity index (χ4v) is 6.24. The molecule has 2 atom stereocenters. The Morgan fingerprint density at radius 1 is 1.08 bits per heavy atom. The summed E-state index contributed by atoms with van der Waals surface area (Å²) in [4.78, 5) is 32.7. The van der Waals surface area contributed by atoms with Gasteiger partial charge in [0, 0.05) is 42.9 Å². The zero-order chi connectivity index (χ0) is 26.9. The minimum atomic E-state index is -1.45. The van der Waals surface area contributed by atoms with Crippen molar-refractivity contribution in [3.63, 3.8) is 0 Å². The molecule has 2 unspecified atom stereocenters. The predicted octanol–water partition coefficient (Wildman–Crippen LogP) is 3.85. The Bertz CT molecular complexity index is 1420. The lowest BCUT2D eigenvalue weighted by Gasteiger charge is -2.29. The third-order valence-electron chi connectivity index (χ3n) is 7.03. The van der Waals surface area contributed by atoms with Gasteiger partial charge in [-0.05, 0) is 36.4 Å². The molecule has 202 valence electrons. The number of nitrogens with two attached hydrogens (primary N) is 1. The monoisotopic (exact) mass is 549 g/mol. The number of anilines is 3. The molecule has 2 aliphatic heterocycles. The van der Waals surface area contributed by atoms with Gasteiger partial charge in [-0.2, -0.15) is 0 Å². The highest BCUT2D eigenvalue weighted by Crippen LogP contribution is 2.44. The van der Waals surface area contributed by atoms with Crippen LogP contribution in [0.3, 0.4) is 0 Å². The van der Waals surface area contributed by atoms with Gasteiger partial charge in [0.25, 0.3) is 0 Å². The second-order valence-electron chi connectivity index (χ2n) is 9.30. The second-order valence-corrected chi connectivity index (χ2v) is 10.3. The number of ether oxygens (including phenoxy) is 2. The Labute approximate surface area is 229 Å². The lowest BCUT2D eigenvalue weighted by atomic mass is 9.92. The van der Waals surface area contributed by atoms with E-state index in [9.17, 15) is 4.79 Å². The zero-order valence-electron chi connectivity index (χ0n) is 21.4. The van der Waals surface area contributed by atoms with E-state index in [4.69, 9.17) is 20.2 Å². The molecule has 1 aromatic carbocycles. The number of hydrogen-bond donors (Lipinski definition) is 1. The van der Waals surface area contributed by atoms with Gasteiger partial charge in [0.2, 0.25) is 5.95 Å². The molecule has 12 heteroatoms. The summed E-state index contributed by atoms with van der Waals surface area (Å²) in [5.41, 5.74) is 8.05. The summed E-state index contributed by atoms with van der Waals surface area (Å²) in [6.45, 7) is 3.45. The van der Waals surface area contributed by atoms with Crippen molar-refractivity contribution >= 4 is 34.1 Å². The second kappa shape index (κ2) is 10.6. The number of nitrogen functional groups attached to an aromatic ring is 1. The van der Waals surface area contributed by atoms with E-state index in [-0.39, 0.29) is 12.0 Å². The maximum absolute atomic E-state index is 16.4. The normalized spacial score (nSPS) is 21.4. The summed E-state index contributed by atoms with van der Waals surface area (Å²) in [6.07, 6.45) is 5.43. The molecule has 4 heterocycles. The van der Waals surface area contributed by atoms with Crippen molar-refractivity contribution in [2.45, 2.75) is 12.1 Å². The topological polar surface area (TPSA) is 110 Å². The first-order valence-corrected chi connectivity index (χ1v) is 13.5. The highest BCUT2D eigenvalue weighted by molar-refractivity contribution is 7.16. The minimum absolute atomic E-state index is 0.122. The van der Waals surface area contributed by atoms with Crippen LogP contribution in [0.4, 0.5) is 26.0 Å². The molecular formula is C27H28FN7O3S. The molecule has 0 radical (unpaired) electrons. The maximum atomic E-state index is 16.4. The average molecular weight is 550 g/mol. The van der Waals surface area contributed by atoms with E-state index in [1.54, 1.807) is 42.5 Å². The highest BCUT2D eigenvalue weighted by Gasteiger charge is 2.40. The third-order valence-corrected chi connectivity index (χ3v) is 8.25. The molecule has 6 rings (SSSR count). The van der Waals surface area contributed by atoms with Crippen LogP contribution in [0.5, 0.6) is 5.75 Å². The molecule has 2 fully saturated rings. The predicted molar refractivity (Wildman–Crippen MR) is 148 cm³/mol. The average Bonchev–Trinajstić information content (AvgIpc) is 3.58. The summed E-state index contributed by atoms with van der Waals surface area (Å²) in [5.74, 6) is 0.180. The Morgan fingerprint density at radius 2 is 1.85 bits per heavy atom. The van der Waals surface area contributed by atoms with Gasteiger partial charge in [0.1, 0.15) is 11.4 Å². The summed E-state index contributed by atoms with van der Waals surface area (Å²) in [5, 5.41) is 0.778. The van der Waals surface area contributed by atoms with Crippen LogP contribution in [-0.4, -0.2) is 78.6 Å². The number of hydrogen-bond acceptors (Lipinski definition) is 9. The van der Waals surface area contributed by atoms with Gasteiger partial charge < -0.3 is 20.1 Å². The Kier molecular flexibility index (Phi) is 6.88. The van der Waals surface area contributed by atoms with Crippen molar-refractivity contribution in [3.05, 3.63) is 65.3 Å². The Morgan fingerprint density at radius 3 is 2.59 bits per heavy atom. The van der Waals surface area contributed by atoms with Gasteiger partial charge >= 0.3 is 6.03 Å². The molecule has 0 spiro atoms. The fraction of sp³-hybridized carbons (Fsp3) is 0.333. The number of amides is 2. The van der Waals surface area contributed by atoms with E-state index in [1.807, 2.05) is 24.3 Å². The SMILES string of the molecule is COc1ccc(N2CCN(C3=CC=CC(c4sc(N5CCOCC5)nc4-c4ccnc(N)n4)C3F)C2=O)cc1. The van der Waals surface area contributed by atoms with Gasteiger partial charge in [-0.1, -0.05) is 12.2 Å². The van der Waals surface area contributed by atoms with Crippen LogP contribution in [0.25, 0.3) is 11.4 Å². The quantitative estimate of drug-likeness (QED) is 0.494. The van der Waals surface area contributed by atoms with Crippen LogP contribution in [-0.2, 0) is 4.74 Å². The van der Waals surface area contributed by atoms with Crippen LogP contribution in [0.1, 0.15) is 10.8 Å². The number of nitrogens with zero attached hydrogens (tertiary/aromatic N) is 6. The van der Waals surface area contributed by atoms with Crippen LogP contribution < -0.4 is 20.3 Å². The number of carbonyl (C=O) groups excluding carboxylic acids is 1. The fourth-order valence-electron chi connectivity index (χ4n) is 5.01. The van der Waals surface area contributed by atoms with Gasteiger partial charge in [-0.3, -0.25) is 9.80 Å². The molecule has 0 bridgehead atoms. The number of morpholine rings is 1. The van der Waals surface area contributed by atoms with Crippen molar-refractivity contribution in [3.8, 4) is 17.1 Å². The van der Waals surface area contributed by atoms with E-state index in [1.165, 1.54) is 16.2 Å². The number of benzene rings is 1. The van der Waals surface area contributed by atoms with E-state index in [2.05, 4.69) is 14.9 Å². The van der Waals surface area contributed by atoms with Crippen LogP contribution >= 0.6 is 11.3 Å². The molecule has 3 aromatic rings. The molecule has 39 heavy (non-hydrogen) atoms. The number of rotatable bonds is 6. The van der Waals surface area contributed by atoms with E-state index in [0.29, 0.717) is 62.2 Å². The molecule has 3 aliphatic rings. The van der Waals surface area contributed by atoms with E-state index < -0.39 is 12.1 Å². The van der Waals surface area contributed by atoms with Crippen molar-refractivity contribution in [1.29, 1.82) is 0 Å². The number of thiazole rings is 1. The van der Waals surface area contributed by atoms with Gasteiger partial charge in [0.15, 0.2) is 11.3 Å². The molecular weight excluding hydrogens is 521 g/mol. The maximum Gasteiger partial charge on any atom is 0.328 e. The number of alkyl halides is 1. The lowest BCUT2D eigenvalue weighted by molar-refractivity contribution is 0.122. The summed E-state index contributed by atoms with van der Waals surface area (Å²) in [7, 11) is 1.59. The molecule has 1 aliphatic carbocycles. The van der Waals surface area contributed by atoms with Crippen LogP contribution in [0.15, 0.2) is 60.5 Å². The van der Waals surface area contributed by atoms with Crippen molar-refractivity contribution in [2.24, 2.45) is 0 Å². The smallest absolute Gasteiger partial charge is 0.328 e. The Hall–Kier alpha value is -4.03. The Balaban J connectivity index is 1.30. The van der Waals surface area contributed by atoms with Gasteiger partial charge in [-0.15, -0.1) is 11.3 Å². The highest BCUT2D eigenvalue weighted by atomic mass is 32.1. The number of methoxy groups -OCH3 is 1. The summed E-state index contributed by atoms with van der Waals surface area (Å²) < 4.78 is 27.1. The molecule has 2 saturated heterocycles. The van der Waals surface area contributed by atoms with Gasteiger partial charge in [-0.25, -0.2) is 24.1 Å². The lowest BCUT2D eigenvalue weighted by Crippen LogP contribution is -2.36. The minimum Gasteiger partial charge on any atom is -0.497 e. The molecule has 2 amide bonds. The summed E-state index contributed by atoms with van der Waals surface area (Å²) >= 11 is 1.44. The number of aromatic nitrogens is 3. The molecule has 0 saturated carbocycles. The largest absolute Gasteiger partial charge is 0.497 e. The third kappa shape index (κ3) is 4.81. The van der Waals surface area contributed by atoms with Crippen LogP contribution in [0.2, 0.25) is 0 Å². The number of urea groups is 1. The number of allylic oxidation sites excluding steroid dienone is 4. The van der Waals surface area contributed by atoms with Crippen molar-refractivity contribution in [1.82, 2.24) is 19.9 Å². The van der Waals surface area contributed by atoms with Gasteiger partial charge in [0.05, 0.1) is 37.6 Å². The first-order chi connectivity index (χ1) is 19.0.